The van der Waals surface area contributed by atoms with Crippen molar-refractivity contribution in [3.05, 3.63) is 27.8 Å². The number of halogens is 1. The number of hydrogen-bond donors (Lipinski definition) is 2. The lowest BCUT2D eigenvalue weighted by Crippen LogP contribution is -2.29. The molecular weight excluding hydrogens is 198 g/mol. The third-order valence-electron chi connectivity index (χ3n) is 2.30. The zero-order valence-electron chi connectivity index (χ0n) is 8.98. The van der Waals surface area contributed by atoms with Crippen molar-refractivity contribution in [3.8, 4) is 5.75 Å². The van der Waals surface area contributed by atoms with Crippen molar-refractivity contribution in [1.29, 1.82) is 0 Å². The van der Waals surface area contributed by atoms with Gasteiger partial charge in [-0.25, -0.2) is 0 Å². The fourth-order valence-corrected chi connectivity index (χ4v) is 1.90. The van der Waals surface area contributed by atoms with Crippen molar-refractivity contribution in [3.63, 3.8) is 0 Å². The van der Waals surface area contributed by atoms with Crippen LogP contribution in [0.4, 0.5) is 0 Å². The van der Waals surface area contributed by atoms with Gasteiger partial charge in [-0.1, -0.05) is 11.6 Å². The van der Waals surface area contributed by atoms with Gasteiger partial charge in [0.2, 0.25) is 0 Å². The Hall–Kier alpha value is -0.730. The lowest BCUT2D eigenvalue weighted by molar-refractivity contribution is 0.438. The van der Waals surface area contributed by atoms with Crippen LogP contribution in [0.5, 0.6) is 5.75 Å². The van der Waals surface area contributed by atoms with Gasteiger partial charge in [-0.2, -0.15) is 0 Å². The first-order valence-electron chi connectivity index (χ1n) is 4.53. The van der Waals surface area contributed by atoms with Crippen LogP contribution in [0.25, 0.3) is 0 Å². The highest BCUT2D eigenvalue weighted by atomic mass is 35.5. The molecule has 0 aliphatic heterocycles. The van der Waals surface area contributed by atoms with E-state index in [9.17, 15) is 5.11 Å². The lowest BCUT2D eigenvalue weighted by atomic mass is 9.89. The molecule has 0 atom stereocenters. The van der Waals surface area contributed by atoms with Crippen LogP contribution in [-0.2, 0) is 5.54 Å². The molecule has 0 heterocycles. The number of nitrogens with two attached hydrogens (primary N) is 1. The predicted molar refractivity (Wildman–Crippen MR) is 59.8 cm³/mol. The molecule has 1 aromatic rings. The SMILES string of the molecule is Cc1cc(O)c(C(C)(C)N)c(C)c1Cl. The number of phenolic OH excluding ortho intramolecular Hbond substituents is 1. The van der Waals surface area contributed by atoms with Crippen LogP contribution in [0.15, 0.2) is 6.07 Å². The van der Waals surface area contributed by atoms with Gasteiger partial charge >= 0.3 is 0 Å². The van der Waals surface area contributed by atoms with E-state index in [-0.39, 0.29) is 5.75 Å². The topological polar surface area (TPSA) is 46.2 Å². The van der Waals surface area contributed by atoms with E-state index in [0.29, 0.717) is 10.6 Å². The maximum absolute atomic E-state index is 9.79. The summed E-state index contributed by atoms with van der Waals surface area (Å²) in [5, 5.41) is 10.5. The summed E-state index contributed by atoms with van der Waals surface area (Å²) in [6.07, 6.45) is 0. The predicted octanol–water partition coefficient (Wildman–Crippen LogP) is 2.86. The summed E-state index contributed by atoms with van der Waals surface area (Å²) in [5.41, 5.74) is 7.82. The molecule has 1 rings (SSSR count). The molecule has 3 N–H and O–H groups in total. The Kier molecular flexibility index (Phi) is 2.79. The summed E-state index contributed by atoms with van der Waals surface area (Å²) in [4.78, 5) is 0. The molecule has 0 unspecified atom stereocenters. The lowest BCUT2D eigenvalue weighted by Gasteiger charge is -2.24. The molecule has 0 radical (unpaired) electrons. The minimum Gasteiger partial charge on any atom is -0.508 e. The Bertz CT molecular complexity index is 367. The van der Waals surface area contributed by atoms with Gasteiger partial charge in [0.1, 0.15) is 5.75 Å². The van der Waals surface area contributed by atoms with E-state index in [1.165, 1.54) is 0 Å². The van der Waals surface area contributed by atoms with Gasteiger partial charge in [-0.05, 0) is 44.9 Å². The Balaban J connectivity index is 3.53. The van der Waals surface area contributed by atoms with E-state index in [0.717, 1.165) is 11.1 Å². The molecule has 78 valence electrons. The maximum atomic E-state index is 9.79. The second kappa shape index (κ2) is 3.44. The van der Waals surface area contributed by atoms with Crippen molar-refractivity contribution in [1.82, 2.24) is 0 Å². The summed E-state index contributed by atoms with van der Waals surface area (Å²) in [7, 11) is 0. The number of hydrogen-bond acceptors (Lipinski definition) is 2. The Morgan fingerprint density at radius 2 is 1.86 bits per heavy atom. The molecule has 14 heavy (non-hydrogen) atoms. The maximum Gasteiger partial charge on any atom is 0.121 e. The minimum absolute atomic E-state index is 0.219. The van der Waals surface area contributed by atoms with Crippen LogP contribution in [0.3, 0.4) is 0 Å². The molecule has 3 heteroatoms. The van der Waals surface area contributed by atoms with E-state index in [4.69, 9.17) is 17.3 Å². The molecule has 0 saturated carbocycles. The van der Waals surface area contributed by atoms with E-state index in [1.807, 2.05) is 27.7 Å². The summed E-state index contributed by atoms with van der Waals surface area (Å²) in [6, 6.07) is 1.65. The number of benzene rings is 1. The highest BCUT2D eigenvalue weighted by Crippen LogP contribution is 2.36. The highest BCUT2D eigenvalue weighted by molar-refractivity contribution is 6.32. The minimum atomic E-state index is -0.578. The fraction of sp³-hybridized carbons (Fsp3) is 0.455. The molecule has 2 nitrogen and oxygen atoms in total. The molecule has 0 aromatic heterocycles. The van der Waals surface area contributed by atoms with Crippen molar-refractivity contribution in [2.75, 3.05) is 0 Å². The van der Waals surface area contributed by atoms with Gasteiger partial charge < -0.3 is 10.8 Å². The molecule has 0 aliphatic carbocycles. The molecule has 1 aromatic carbocycles. The van der Waals surface area contributed by atoms with E-state index in [1.54, 1.807) is 6.07 Å². The Morgan fingerprint density at radius 1 is 1.36 bits per heavy atom. The van der Waals surface area contributed by atoms with Crippen molar-refractivity contribution >= 4 is 11.6 Å². The van der Waals surface area contributed by atoms with Gasteiger partial charge in [0.05, 0.1) is 0 Å². The zero-order chi connectivity index (χ0) is 11.1. The molecule has 0 fully saturated rings. The zero-order valence-corrected chi connectivity index (χ0v) is 9.74. The average Bonchev–Trinajstić information content (AvgIpc) is 1.97. The van der Waals surface area contributed by atoms with Gasteiger partial charge in [0.25, 0.3) is 0 Å². The van der Waals surface area contributed by atoms with Crippen molar-refractivity contribution < 1.29 is 5.11 Å². The Labute approximate surface area is 89.7 Å². The Morgan fingerprint density at radius 3 is 2.29 bits per heavy atom. The quantitative estimate of drug-likeness (QED) is 0.754. The van der Waals surface area contributed by atoms with Crippen LogP contribution >= 0.6 is 11.6 Å². The van der Waals surface area contributed by atoms with Crippen LogP contribution in [0.2, 0.25) is 5.02 Å². The van der Waals surface area contributed by atoms with Crippen LogP contribution < -0.4 is 5.73 Å². The van der Waals surface area contributed by atoms with Crippen LogP contribution in [0.1, 0.15) is 30.5 Å². The first-order valence-corrected chi connectivity index (χ1v) is 4.91. The van der Waals surface area contributed by atoms with Gasteiger partial charge in [-0.3, -0.25) is 0 Å². The summed E-state index contributed by atoms with van der Waals surface area (Å²) >= 11 is 6.09. The second-order valence-electron chi connectivity index (χ2n) is 4.25. The highest BCUT2D eigenvalue weighted by Gasteiger charge is 2.23. The standard InChI is InChI=1S/C11H16ClNO/c1-6-5-8(14)9(11(3,4)13)7(2)10(6)12/h5,14H,13H2,1-4H3. The van der Waals surface area contributed by atoms with Crippen LogP contribution in [-0.4, -0.2) is 5.11 Å². The van der Waals surface area contributed by atoms with Crippen molar-refractivity contribution in [2.24, 2.45) is 5.73 Å². The summed E-state index contributed by atoms with van der Waals surface area (Å²) in [6.45, 7) is 7.43. The molecular formula is C11H16ClNO. The first-order chi connectivity index (χ1) is 6.25. The van der Waals surface area contributed by atoms with Gasteiger partial charge in [0, 0.05) is 16.1 Å². The third kappa shape index (κ3) is 1.86. The monoisotopic (exact) mass is 213 g/mol. The van der Waals surface area contributed by atoms with Crippen LogP contribution in [0, 0.1) is 13.8 Å². The molecule has 0 amide bonds. The summed E-state index contributed by atoms with van der Waals surface area (Å²) in [5.74, 6) is 0.219. The number of phenols is 1. The molecule has 0 bridgehead atoms. The van der Waals surface area contributed by atoms with Crippen molar-refractivity contribution in [2.45, 2.75) is 33.2 Å². The largest absolute Gasteiger partial charge is 0.508 e. The average molecular weight is 214 g/mol. The normalized spacial score (nSPS) is 11.9. The molecule has 0 aliphatic rings. The van der Waals surface area contributed by atoms with Gasteiger partial charge in [-0.15, -0.1) is 0 Å². The number of rotatable bonds is 1. The van der Waals surface area contributed by atoms with E-state index in [2.05, 4.69) is 0 Å². The van der Waals surface area contributed by atoms with E-state index >= 15 is 0 Å². The molecule has 0 spiro atoms. The van der Waals surface area contributed by atoms with Gasteiger partial charge in [0.15, 0.2) is 0 Å². The second-order valence-corrected chi connectivity index (χ2v) is 4.63. The number of aryl methyl sites for hydroxylation is 1. The first kappa shape index (κ1) is 11.3. The third-order valence-corrected chi connectivity index (χ3v) is 2.89. The molecule has 0 saturated heterocycles. The smallest absolute Gasteiger partial charge is 0.121 e. The number of aromatic hydroxyl groups is 1. The van der Waals surface area contributed by atoms with E-state index < -0.39 is 5.54 Å². The summed E-state index contributed by atoms with van der Waals surface area (Å²) < 4.78 is 0. The fourth-order valence-electron chi connectivity index (χ4n) is 1.75.